The summed E-state index contributed by atoms with van der Waals surface area (Å²) < 4.78 is 0. The van der Waals surface area contributed by atoms with Gasteiger partial charge in [-0.05, 0) is 0 Å². The Balaban J connectivity index is -0.0000000450. The molecule has 0 aliphatic heterocycles. The molecule has 0 heterocycles. The summed E-state index contributed by atoms with van der Waals surface area (Å²) in [6.07, 6.45) is 73.2. The molecular formula is C77H182. The van der Waals surface area contributed by atoms with E-state index in [2.05, 4.69) is 13.8 Å². The van der Waals surface area contributed by atoms with E-state index in [-0.39, 0.29) is 0 Å². The van der Waals surface area contributed by atoms with E-state index in [1.165, 1.54) is 315 Å². The lowest BCUT2D eigenvalue weighted by Gasteiger charge is -2.05. The molecule has 0 aromatic rings. The Bertz CT molecular complexity index is 282. The van der Waals surface area contributed by atoms with Crippen LogP contribution in [0.3, 0.4) is 0 Å². The van der Waals surface area contributed by atoms with Crippen LogP contribution < -0.4 is 0 Å². The van der Waals surface area contributed by atoms with Crippen molar-refractivity contribution in [1.29, 1.82) is 0 Å². The van der Waals surface area contributed by atoms with Crippen molar-refractivity contribution in [2.24, 2.45) is 0 Å². The van der Waals surface area contributed by atoms with E-state index < -0.39 is 0 Å². The number of hydrogen-bond donors (Lipinski definition) is 0. The summed E-state index contributed by atoms with van der Waals surface area (Å²) in [5, 5.41) is 0. The minimum atomic E-state index is 1.25. The van der Waals surface area contributed by atoms with Crippen molar-refractivity contribution in [3.63, 3.8) is 0 Å². The van der Waals surface area contributed by atoms with Crippen LogP contribution in [-0.4, -0.2) is 0 Å². The zero-order valence-electron chi connectivity index (χ0n) is 62.6. The van der Waals surface area contributed by atoms with Crippen molar-refractivity contribution in [1.82, 2.24) is 0 Å². The average molecular weight is 1110 g/mol. The van der Waals surface area contributed by atoms with Crippen LogP contribution in [-0.2, 0) is 0 Å². The van der Waals surface area contributed by atoms with E-state index in [0.29, 0.717) is 0 Å². The van der Waals surface area contributed by atoms with Gasteiger partial charge in [0.2, 0.25) is 0 Å². The number of hydrogen-bond acceptors (Lipinski definition) is 0. The highest BCUT2D eigenvalue weighted by Gasteiger charge is 1.99. The molecule has 12 aliphatic carbocycles. The van der Waals surface area contributed by atoms with Crippen molar-refractivity contribution >= 4 is 0 Å². The van der Waals surface area contributed by atoms with Gasteiger partial charge >= 0.3 is 0 Å². The molecule has 490 valence electrons. The normalized spacial score (nSPS) is 16.2. The lowest BCUT2D eigenvalue weighted by Crippen LogP contribution is -1.85. The van der Waals surface area contributed by atoms with Gasteiger partial charge in [0.05, 0.1) is 0 Å². The Hall–Kier alpha value is 0. The fourth-order valence-corrected chi connectivity index (χ4v) is 3.00. The molecule has 0 aromatic heterocycles. The molecule has 0 spiro atoms. The van der Waals surface area contributed by atoms with E-state index in [1.807, 2.05) is 180 Å². The van der Waals surface area contributed by atoms with Gasteiger partial charge in [0.25, 0.3) is 0 Å². The Morgan fingerprint density at radius 1 is 0.0909 bits per heavy atom. The maximum absolute atomic E-state index is 2.12. The largest absolute Gasteiger partial charge is 0.0683 e. The molecule has 0 bridgehead atoms. The van der Waals surface area contributed by atoms with E-state index in [0.717, 1.165) is 0 Å². The summed E-state index contributed by atoms with van der Waals surface area (Å²) in [6, 6.07) is 0. The van der Waals surface area contributed by atoms with Gasteiger partial charge in [-0.15, -0.1) is 0 Å². The highest BCUT2D eigenvalue weighted by Crippen LogP contribution is 2.19. The van der Waals surface area contributed by atoms with Crippen molar-refractivity contribution in [3.8, 4) is 0 Å². The first-order valence-corrected chi connectivity index (χ1v) is 38.4. The molecule has 12 saturated carbocycles. The van der Waals surface area contributed by atoms with Gasteiger partial charge in [-0.2, -0.15) is 0 Å². The maximum Gasteiger partial charge on any atom is -0.0533 e. The SMILES string of the molecule is C1CCC1.C1CCC1.C1CCC1.C1CCC1.C1CCC1.C1CCC1.C1CCC1.C1CCC1.C1CCC1.C1CCC1.C1CCC1.C1CCC1.CC.CC.CC.CC.CC.CC.CC.CC.CC.CC.CC.CC.CC.CCC. The van der Waals surface area contributed by atoms with E-state index in [4.69, 9.17) is 0 Å². The first-order chi connectivity index (χ1) is 38.4. The molecule has 0 amide bonds. The van der Waals surface area contributed by atoms with Crippen molar-refractivity contribution in [2.75, 3.05) is 0 Å². The van der Waals surface area contributed by atoms with Crippen LogP contribution in [0, 0.1) is 0 Å². The second-order valence-corrected chi connectivity index (χ2v) is 17.7. The molecule has 0 N–H and O–H groups in total. The Labute approximate surface area is 506 Å². The average Bonchev–Trinajstić information content (AvgIpc) is 3.26. The summed E-state index contributed by atoms with van der Waals surface area (Å²) in [5.74, 6) is 0. The van der Waals surface area contributed by atoms with Gasteiger partial charge in [0.1, 0.15) is 0 Å². The fourth-order valence-electron chi connectivity index (χ4n) is 3.00. The first-order valence-electron chi connectivity index (χ1n) is 38.4. The Morgan fingerprint density at radius 3 is 0.104 bits per heavy atom. The van der Waals surface area contributed by atoms with Gasteiger partial charge in [0.15, 0.2) is 0 Å². The van der Waals surface area contributed by atoms with Gasteiger partial charge in [0, 0.05) is 0 Å². The quantitative estimate of drug-likeness (QED) is 0.227. The molecule has 0 unspecified atom stereocenters. The molecule has 12 rings (SSSR count). The molecule has 12 aliphatic rings. The molecule has 0 heteroatoms. The van der Waals surface area contributed by atoms with Crippen LogP contribution in [0.1, 0.15) is 508 Å². The molecule has 0 aromatic carbocycles. The van der Waals surface area contributed by atoms with Gasteiger partial charge in [-0.3, -0.25) is 0 Å². The van der Waals surface area contributed by atoms with Crippen LogP contribution in [0.5, 0.6) is 0 Å². The van der Waals surface area contributed by atoms with Crippen molar-refractivity contribution in [3.05, 3.63) is 0 Å². The van der Waals surface area contributed by atoms with Gasteiger partial charge < -0.3 is 0 Å². The standard InChI is InChI=1S/12C4H8.C3H8.13C2H6/c12*1-2-4-3-1;1-3-2;13*1-2/h12*1-4H2;3H2,1-2H3;13*1-2H3. The zero-order valence-corrected chi connectivity index (χ0v) is 62.6. The Morgan fingerprint density at radius 2 is 0.104 bits per heavy atom. The van der Waals surface area contributed by atoms with Crippen LogP contribution >= 0.6 is 0 Å². The maximum atomic E-state index is 2.12. The third-order valence-electron chi connectivity index (χ3n) is 12.0. The monoisotopic (exact) mass is 1110 g/mol. The summed E-state index contributed by atoms with van der Waals surface area (Å²) in [7, 11) is 0. The molecular weight excluding hydrogens is 925 g/mol. The second-order valence-electron chi connectivity index (χ2n) is 17.7. The molecule has 0 nitrogen and oxygen atoms in total. The van der Waals surface area contributed by atoms with E-state index in [9.17, 15) is 0 Å². The topological polar surface area (TPSA) is 0 Å². The molecule has 12 fully saturated rings. The molecule has 0 atom stereocenters. The van der Waals surface area contributed by atoms with Crippen LogP contribution in [0.4, 0.5) is 0 Å². The molecule has 0 saturated heterocycles. The van der Waals surface area contributed by atoms with E-state index in [1.54, 1.807) is 0 Å². The highest BCUT2D eigenvalue weighted by atomic mass is 14.1. The minimum absolute atomic E-state index is 1.25. The first kappa shape index (κ1) is 112. The highest BCUT2D eigenvalue weighted by molar-refractivity contribution is 4.55. The van der Waals surface area contributed by atoms with Crippen molar-refractivity contribution < 1.29 is 0 Å². The summed E-state index contributed by atoms with van der Waals surface area (Å²) in [5.41, 5.74) is 0. The van der Waals surface area contributed by atoms with Crippen LogP contribution in [0.25, 0.3) is 0 Å². The van der Waals surface area contributed by atoms with Gasteiger partial charge in [-0.1, -0.05) is 508 Å². The van der Waals surface area contributed by atoms with Crippen molar-refractivity contribution in [2.45, 2.75) is 508 Å². The minimum Gasteiger partial charge on any atom is -0.0683 e. The third kappa shape index (κ3) is 181. The zero-order chi connectivity index (χ0) is 62.6. The van der Waals surface area contributed by atoms with E-state index >= 15 is 0 Å². The lowest BCUT2D eigenvalue weighted by molar-refractivity contribution is 0.504. The van der Waals surface area contributed by atoms with Crippen LogP contribution in [0.15, 0.2) is 0 Å². The predicted molar refractivity (Wildman–Crippen MR) is 385 cm³/mol. The van der Waals surface area contributed by atoms with Gasteiger partial charge in [-0.25, -0.2) is 0 Å². The number of rotatable bonds is 0. The second kappa shape index (κ2) is 178. The fraction of sp³-hybridized carbons (Fsp3) is 1.00. The molecule has 77 heavy (non-hydrogen) atoms. The smallest absolute Gasteiger partial charge is 0.0533 e. The summed E-state index contributed by atoms with van der Waals surface area (Å²) >= 11 is 0. The molecule has 0 radical (unpaired) electrons. The summed E-state index contributed by atoms with van der Waals surface area (Å²) in [4.78, 5) is 0. The lowest BCUT2D eigenvalue weighted by atomic mass is 10.0. The van der Waals surface area contributed by atoms with Crippen LogP contribution in [0.2, 0.25) is 0 Å². The predicted octanol–water partition coefficient (Wildman–Crippen LogP) is 33.5. The third-order valence-corrected chi connectivity index (χ3v) is 12.0. The Kier molecular flexibility index (Phi) is 259. The summed E-state index contributed by atoms with van der Waals surface area (Å²) in [6.45, 7) is 56.2.